The lowest BCUT2D eigenvalue weighted by molar-refractivity contribution is 0.0702. The molecule has 176 valence electrons. The molecule has 3 heterocycles. The summed E-state index contributed by atoms with van der Waals surface area (Å²) in [6.45, 7) is 2.10. The van der Waals surface area contributed by atoms with Gasteiger partial charge in [0.2, 0.25) is 10.0 Å². The van der Waals surface area contributed by atoms with E-state index in [1.807, 2.05) is 18.2 Å². The van der Waals surface area contributed by atoms with Crippen molar-refractivity contribution in [1.82, 2.24) is 9.21 Å². The summed E-state index contributed by atoms with van der Waals surface area (Å²) in [6.07, 6.45) is 3.95. The molecule has 0 unspecified atom stereocenters. The van der Waals surface area contributed by atoms with E-state index in [2.05, 4.69) is 5.32 Å². The number of anilines is 1. The molecule has 0 saturated carbocycles. The molecule has 2 aromatic carbocycles. The summed E-state index contributed by atoms with van der Waals surface area (Å²) >= 11 is 0. The van der Waals surface area contributed by atoms with Crippen LogP contribution in [0.4, 0.5) is 5.69 Å². The van der Waals surface area contributed by atoms with Crippen LogP contribution in [-0.4, -0.2) is 49.1 Å². The molecule has 0 atom stereocenters. The number of furan rings is 1. The second-order valence-corrected chi connectivity index (χ2v) is 10.5. The van der Waals surface area contributed by atoms with Crippen molar-refractivity contribution in [3.8, 4) is 0 Å². The standard InChI is InChI=1S/C25H25N3O5S/c29-24(19-6-9-22(10-7-19)34(31,32)28-12-1-2-13-28)26-21-8-5-18-11-14-27(17-20(18)16-21)25(30)23-4-3-15-33-23/h3-10,15-16H,1-2,11-14,17H2,(H,26,29). The minimum Gasteiger partial charge on any atom is -0.459 e. The van der Waals surface area contributed by atoms with Gasteiger partial charge in [0.05, 0.1) is 11.2 Å². The van der Waals surface area contributed by atoms with E-state index in [9.17, 15) is 18.0 Å². The number of benzene rings is 2. The number of carbonyl (C=O) groups is 2. The van der Waals surface area contributed by atoms with Crippen molar-refractivity contribution >= 4 is 27.5 Å². The third kappa shape index (κ3) is 4.36. The Morgan fingerprint density at radius 3 is 2.38 bits per heavy atom. The lowest BCUT2D eigenvalue weighted by atomic mass is 9.98. The average Bonchev–Trinajstić information content (AvgIpc) is 3.58. The third-order valence-corrected chi connectivity index (χ3v) is 8.23. The molecule has 1 aromatic heterocycles. The van der Waals surface area contributed by atoms with Gasteiger partial charge >= 0.3 is 0 Å². The highest BCUT2D eigenvalue weighted by molar-refractivity contribution is 7.89. The number of sulfonamides is 1. The second-order valence-electron chi connectivity index (χ2n) is 8.53. The maximum atomic E-state index is 12.8. The first kappa shape index (κ1) is 22.4. The number of rotatable bonds is 5. The van der Waals surface area contributed by atoms with Crippen LogP contribution >= 0.6 is 0 Å². The van der Waals surface area contributed by atoms with Crippen LogP contribution in [0.25, 0.3) is 0 Å². The Bertz CT molecular complexity index is 1310. The zero-order valence-corrected chi connectivity index (χ0v) is 19.4. The SMILES string of the molecule is O=C(Nc1ccc2c(c1)CN(C(=O)c1ccco1)CC2)c1ccc(S(=O)(=O)N2CCCC2)cc1. The molecule has 5 rings (SSSR count). The molecule has 1 fully saturated rings. The van der Waals surface area contributed by atoms with Gasteiger partial charge in [0.15, 0.2) is 5.76 Å². The fraction of sp³-hybridized carbons (Fsp3) is 0.280. The molecule has 2 amide bonds. The van der Waals surface area contributed by atoms with Gasteiger partial charge in [-0.15, -0.1) is 0 Å². The highest BCUT2D eigenvalue weighted by Gasteiger charge is 2.27. The van der Waals surface area contributed by atoms with Crippen molar-refractivity contribution in [2.24, 2.45) is 0 Å². The number of nitrogens with one attached hydrogen (secondary N) is 1. The molecule has 0 bridgehead atoms. The molecular formula is C25H25N3O5S. The van der Waals surface area contributed by atoms with Crippen LogP contribution in [0, 0.1) is 0 Å². The van der Waals surface area contributed by atoms with Gasteiger partial charge in [-0.1, -0.05) is 6.07 Å². The zero-order valence-electron chi connectivity index (χ0n) is 18.6. The molecule has 0 radical (unpaired) electrons. The van der Waals surface area contributed by atoms with Gasteiger partial charge in [0.25, 0.3) is 11.8 Å². The van der Waals surface area contributed by atoms with E-state index < -0.39 is 10.0 Å². The highest BCUT2D eigenvalue weighted by Crippen LogP contribution is 2.25. The van der Waals surface area contributed by atoms with E-state index in [0.29, 0.717) is 43.2 Å². The van der Waals surface area contributed by atoms with E-state index in [1.54, 1.807) is 17.0 Å². The summed E-state index contributed by atoms with van der Waals surface area (Å²) in [6, 6.07) is 15.0. The van der Waals surface area contributed by atoms with Crippen LogP contribution in [-0.2, 0) is 23.0 Å². The Labute approximate surface area is 198 Å². The van der Waals surface area contributed by atoms with Crippen molar-refractivity contribution in [1.29, 1.82) is 0 Å². The lowest BCUT2D eigenvalue weighted by Crippen LogP contribution is -2.35. The van der Waals surface area contributed by atoms with Gasteiger partial charge in [-0.25, -0.2) is 8.42 Å². The molecule has 0 spiro atoms. The minimum absolute atomic E-state index is 0.158. The largest absolute Gasteiger partial charge is 0.459 e. The van der Waals surface area contributed by atoms with E-state index in [4.69, 9.17) is 4.42 Å². The Morgan fingerprint density at radius 2 is 1.68 bits per heavy atom. The second kappa shape index (κ2) is 9.08. The van der Waals surface area contributed by atoms with E-state index in [-0.39, 0.29) is 16.7 Å². The number of hydrogen-bond acceptors (Lipinski definition) is 5. The maximum Gasteiger partial charge on any atom is 0.289 e. The van der Waals surface area contributed by atoms with Gasteiger partial charge < -0.3 is 14.6 Å². The van der Waals surface area contributed by atoms with Crippen LogP contribution < -0.4 is 5.32 Å². The summed E-state index contributed by atoms with van der Waals surface area (Å²) in [5.41, 5.74) is 3.09. The van der Waals surface area contributed by atoms with Crippen LogP contribution in [0.15, 0.2) is 70.2 Å². The van der Waals surface area contributed by atoms with Crippen molar-refractivity contribution in [3.05, 3.63) is 83.3 Å². The van der Waals surface area contributed by atoms with Gasteiger partial charge in [-0.05, 0) is 78.9 Å². The number of carbonyl (C=O) groups excluding carboxylic acids is 2. The molecule has 8 nitrogen and oxygen atoms in total. The Kier molecular flexibility index (Phi) is 5.97. The molecule has 1 saturated heterocycles. The number of nitrogens with zero attached hydrogens (tertiary/aromatic N) is 2. The van der Waals surface area contributed by atoms with Crippen LogP contribution in [0.5, 0.6) is 0 Å². The summed E-state index contributed by atoms with van der Waals surface area (Å²) in [5.74, 6) is -0.179. The minimum atomic E-state index is -3.52. The third-order valence-electron chi connectivity index (χ3n) is 6.31. The summed E-state index contributed by atoms with van der Waals surface area (Å²) in [7, 11) is -3.52. The maximum absolute atomic E-state index is 12.8. The van der Waals surface area contributed by atoms with Gasteiger partial charge in [0.1, 0.15) is 0 Å². The fourth-order valence-corrected chi connectivity index (χ4v) is 5.94. The molecule has 1 N–H and O–H groups in total. The number of hydrogen-bond donors (Lipinski definition) is 1. The predicted octanol–water partition coefficient (Wildman–Crippen LogP) is 3.51. The average molecular weight is 480 g/mol. The first-order chi connectivity index (χ1) is 16.4. The predicted molar refractivity (Wildman–Crippen MR) is 126 cm³/mol. The first-order valence-electron chi connectivity index (χ1n) is 11.3. The molecule has 2 aliphatic heterocycles. The molecule has 2 aliphatic rings. The Balaban J connectivity index is 1.27. The highest BCUT2D eigenvalue weighted by atomic mass is 32.2. The molecular weight excluding hydrogens is 454 g/mol. The van der Waals surface area contributed by atoms with E-state index in [0.717, 1.165) is 30.4 Å². The van der Waals surface area contributed by atoms with Crippen LogP contribution in [0.2, 0.25) is 0 Å². The number of amides is 2. The Hall–Kier alpha value is -3.43. The van der Waals surface area contributed by atoms with Crippen molar-refractivity contribution in [3.63, 3.8) is 0 Å². The summed E-state index contributed by atoms with van der Waals surface area (Å²) in [4.78, 5) is 27.3. The summed E-state index contributed by atoms with van der Waals surface area (Å²) < 4.78 is 32.1. The molecule has 34 heavy (non-hydrogen) atoms. The monoisotopic (exact) mass is 479 g/mol. The topological polar surface area (TPSA) is 99.9 Å². The quantitative estimate of drug-likeness (QED) is 0.604. The van der Waals surface area contributed by atoms with Gasteiger partial charge in [0, 0.05) is 37.4 Å². The van der Waals surface area contributed by atoms with Gasteiger partial charge in [-0.2, -0.15) is 4.31 Å². The fourth-order valence-electron chi connectivity index (χ4n) is 4.42. The van der Waals surface area contributed by atoms with Crippen LogP contribution in [0.3, 0.4) is 0 Å². The van der Waals surface area contributed by atoms with Gasteiger partial charge in [-0.3, -0.25) is 9.59 Å². The summed E-state index contributed by atoms with van der Waals surface area (Å²) in [5, 5.41) is 2.87. The van der Waals surface area contributed by atoms with Crippen LogP contribution in [0.1, 0.15) is 44.9 Å². The first-order valence-corrected chi connectivity index (χ1v) is 12.7. The molecule has 9 heteroatoms. The van der Waals surface area contributed by atoms with Crippen molar-refractivity contribution < 1.29 is 22.4 Å². The van der Waals surface area contributed by atoms with Crippen molar-refractivity contribution in [2.75, 3.05) is 25.0 Å². The number of fused-ring (bicyclic) bond motifs is 1. The smallest absolute Gasteiger partial charge is 0.289 e. The normalized spacial score (nSPS) is 16.3. The lowest BCUT2D eigenvalue weighted by Gasteiger charge is -2.28. The Morgan fingerprint density at radius 1 is 0.912 bits per heavy atom. The molecule has 0 aliphatic carbocycles. The zero-order chi connectivity index (χ0) is 23.7. The van der Waals surface area contributed by atoms with Crippen molar-refractivity contribution in [2.45, 2.75) is 30.7 Å². The molecule has 3 aromatic rings. The van der Waals surface area contributed by atoms with E-state index in [1.165, 1.54) is 34.8 Å². The van der Waals surface area contributed by atoms with E-state index >= 15 is 0 Å².